The second-order valence-electron chi connectivity index (χ2n) is 10.4. The first-order chi connectivity index (χ1) is 18.1. The van der Waals surface area contributed by atoms with Gasteiger partial charge in [0, 0.05) is 38.3 Å². The second-order valence-corrected chi connectivity index (χ2v) is 12.7. The summed E-state index contributed by atoms with van der Waals surface area (Å²) in [5, 5.41) is 0. The van der Waals surface area contributed by atoms with Crippen LogP contribution >= 0.6 is 0 Å². The summed E-state index contributed by atoms with van der Waals surface area (Å²) in [6.45, 7) is 9.17. The molecule has 1 saturated heterocycles. The lowest BCUT2D eigenvalue weighted by molar-refractivity contribution is -0.136. The smallest absolute Gasteiger partial charge is 0.246 e. The Bertz CT molecular complexity index is 1190. The first-order valence-corrected chi connectivity index (χ1v) is 15.0. The minimum Gasteiger partial charge on any atom is -0.339 e. The third-order valence-corrected chi connectivity index (χ3v) is 8.66. The highest BCUT2D eigenvalue weighted by molar-refractivity contribution is 7.89. The van der Waals surface area contributed by atoms with Crippen LogP contribution in [0.3, 0.4) is 0 Å². The molecular weight excluding hydrogens is 498 g/mol. The van der Waals surface area contributed by atoms with Gasteiger partial charge in [-0.15, -0.1) is 0 Å². The van der Waals surface area contributed by atoms with Crippen LogP contribution in [0.4, 0.5) is 0 Å². The van der Waals surface area contributed by atoms with Crippen LogP contribution in [0.15, 0.2) is 60.7 Å². The molecule has 8 heteroatoms. The molecule has 0 atom stereocenters. The highest BCUT2D eigenvalue weighted by Gasteiger charge is 2.32. The van der Waals surface area contributed by atoms with Crippen molar-refractivity contribution in [1.82, 2.24) is 14.1 Å². The Hall–Kier alpha value is -2.97. The number of nitrogens with zero attached hydrogens (tertiary/aromatic N) is 3. The molecule has 0 aromatic heterocycles. The summed E-state index contributed by atoms with van der Waals surface area (Å²) in [7, 11) is -3.52. The van der Waals surface area contributed by atoms with Gasteiger partial charge in [-0.1, -0.05) is 74.0 Å². The molecule has 7 nitrogen and oxygen atoms in total. The molecule has 2 aromatic rings. The van der Waals surface area contributed by atoms with Crippen molar-refractivity contribution >= 4 is 27.9 Å². The molecule has 3 rings (SSSR count). The summed E-state index contributed by atoms with van der Waals surface area (Å²) >= 11 is 0. The number of rotatable bonds is 11. The minimum absolute atomic E-state index is 0.0397. The molecule has 1 aliphatic rings. The Balaban J connectivity index is 1.73. The van der Waals surface area contributed by atoms with E-state index in [1.54, 1.807) is 13.0 Å². The van der Waals surface area contributed by atoms with Crippen LogP contribution in [0.1, 0.15) is 50.3 Å². The first kappa shape index (κ1) is 29.6. The maximum Gasteiger partial charge on any atom is 0.246 e. The summed E-state index contributed by atoms with van der Waals surface area (Å²) < 4.78 is 26.8. The van der Waals surface area contributed by atoms with Crippen molar-refractivity contribution in [3.8, 4) is 0 Å². The molecule has 0 unspecified atom stereocenters. The van der Waals surface area contributed by atoms with E-state index < -0.39 is 10.0 Å². The topological polar surface area (TPSA) is 78.0 Å². The summed E-state index contributed by atoms with van der Waals surface area (Å²) in [6.07, 6.45) is 4.71. The standard InChI is InChI=1S/C30H41N3O4S/c1-5-38(36,37)32(21-24(2)3)23-30(35)33(22-27-13-11-25(4)12-14-27)28-17-19-31(20-18-28)29(34)16-15-26-9-7-6-8-10-26/h6-16,24,28H,5,17-23H2,1-4H3. The van der Waals surface area contributed by atoms with E-state index in [4.69, 9.17) is 0 Å². The summed E-state index contributed by atoms with van der Waals surface area (Å²) in [5.41, 5.74) is 3.11. The van der Waals surface area contributed by atoms with Crippen LogP contribution in [-0.4, -0.2) is 72.3 Å². The van der Waals surface area contributed by atoms with Crippen LogP contribution in [0.2, 0.25) is 0 Å². The maximum atomic E-state index is 13.7. The molecule has 206 valence electrons. The Morgan fingerprint density at radius 3 is 2.24 bits per heavy atom. The van der Waals surface area contributed by atoms with E-state index in [0.717, 1.165) is 16.7 Å². The van der Waals surface area contributed by atoms with E-state index >= 15 is 0 Å². The Labute approximate surface area is 228 Å². The normalized spacial score (nSPS) is 14.9. The number of amides is 2. The molecular formula is C30H41N3O4S. The van der Waals surface area contributed by atoms with Gasteiger partial charge in [-0.3, -0.25) is 9.59 Å². The summed E-state index contributed by atoms with van der Waals surface area (Å²) in [5.74, 6) is -0.173. The van der Waals surface area contributed by atoms with Gasteiger partial charge in [0.05, 0.1) is 12.3 Å². The fourth-order valence-corrected chi connectivity index (χ4v) is 5.85. The fourth-order valence-electron chi connectivity index (χ4n) is 4.65. The van der Waals surface area contributed by atoms with Gasteiger partial charge in [-0.25, -0.2) is 8.42 Å². The van der Waals surface area contributed by atoms with Crippen molar-refractivity contribution in [1.29, 1.82) is 0 Å². The van der Waals surface area contributed by atoms with Crippen LogP contribution in [0.25, 0.3) is 6.08 Å². The SMILES string of the molecule is CCS(=O)(=O)N(CC(=O)N(Cc1ccc(C)cc1)C1CCN(C(=O)C=Cc2ccccc2)CC1)CC(C)C. The molecule has 0 N–H and O–H groups in total. The van der Waals surface area contributed by atoms with Crippen LogP contribution in [0, 0.1) is 12.8 Å². The molecule has 1 aliphatic heterocycles. The maximum absolute atomic E-state index is 13.7. The molecule has 1 fully saturated rings. The lowest BCUT2D eigenvalue weighted by Crippen LogP contribution is -2.51. The van der Waals surface area contributed by atoms with Crippen LogP contribution < -0.4 is 0 Å². The van der Waals surface area contributed by atoms with Crippen molar-refractivity contribution in [2.75, 3.05) is 31.9 Å². The third-order valence-electron chi connectivity index (χ3n) is 6.87. The zero-order chi connectivity index (χ0) is 27.7. The zero-order valence-corrected chi connectivity index (χ0v) is 23.9. The van der Waals surface area contributed by atoms with E-state index in [1.165, 1.54) is 4.31 Å². The van der Waals surface area contributed by atoms with Gasteiger partial charge >= 0.3 is 0 Å². The molecule has 0 aliphatic carbocycles. The summed E-state index contributed by atoms with van der Waals surface area (Å²) in [4.78, 5) is 30.1. The average molecular weight is 540 g/mol. The molecule has 38 heavy (non-hydrogen) atoms. The lowest BCUT2D eigenvalue weighted by atomic mass is 10.0. The van der Waals surface area contributed by atoms with Crippen LogP contribution in [0.5, 0.6) is 0 Å². The van der Waals surface area contributed by atoms with E-state index in [0.29, 0.717) is 39.0 Å². The quantitative estimate of drug-likeness (QED) is 0.398. The molecule has 0 spiro atoms. The van der Waals surface area contributed by atoms with E-state index in [9.17, 15) is 18.0 Å². The second kappa shape index (κ2) is 13.7. The zero-order valence-electron chi connectivity index (χ0n) is 23.0. The van der Waals surface area contributed by atoms with Crippen molar-refractivity contribution in [3.63, 3.8) is 0 Å². The fraction of sp³-hybridized carbons (Fsp3) is 0.467. The van der Waals surface area contributed by atoms with Crippen molar-refractivity contribution < 1.29 is 18.0 Å². The molecule has 2 aromatic carbocycles. The van der Waals surface area contributed by atoms with Crippen molar-refractivity contribution in [2.24, 2.45) is 5.92 Å². The van der Waals surface area contributed by atoms with Crippen LogP contribution in [-0.2, 0) is 26.2 Å². The summed E-state index contributed by atoms with van der Waals surface area (Å²) in [6, 6.07) is 17.7. The van der Waals surface area contributed by atoms with Gasteiger partial charge in [0.25, 0.3) is 0 Å². The largest absolute Gasteiger partial charge is 0.339 e. The third kappa shape index (κ3) is 8.53. The highest BCUT2D eigenvalue weighted by Crippen LogP contribution is 2.21. The minimum atomic E-state index is -3.52. The monoisotopic (exact) mass is 539 g/mol. The van der Waals surface area contributed by atoms with Crippen molar-refractivity contribution in [2.45, 2.75) is 53.1 Å². The van der Waals surface area contributed by atoms with Gasteiger partial charge in [-0.05, 0) is 49.8 Å². The van der Waals surface area contributed by atoms with E-state index in [-0.39, 0.29) is 36.1 Å². The number of carbonyl (C=O) groups is 2. The van der Waals surface area contributed by atoms with Gasteiger partial charge in [0.15, 0.2) is 0 Å². The number of piperidine rings is 1. The number of hydrogen-bond acceptors (Lipinski definition) is 4. The number of aryl methyl sites for hydroxylation is 1. The average Bonchev–Trinajstić information content (AvgIpc) is 2.91. The first-order valence-electron chi connectivity index (χ1n) is 13.4. The van der Waals surface area contributed by atoms with Gasteiger partial charge in [-0.2, -0.15) is 4.31 Å². The molecule has 0 saturated carbocycles. The number of benzene rings is 2. The van der Waals surface area contributed by atoms with E-state index in [2.05, 4.69) is 0 Å². The van der Waals surface area contributed by atoms with Crippen molar-refractivity contribution in [3.05, 3.63) is 77.4 Å². The number of sulfonamides is 1. The molecule has 0 bridgehead atoms. The number of hydrogen-bond donors (Lipinski definition) is 0. The lowest BCUT2D eigenvalue weighted by Gasteiger charge is -2.39. The predicted octanol–water partition coefficient (Wildman–Crippen LogP) is 4.34. The number of likely N-dealkylation sites (tertiary alicyclic amines) is 1. The Morgan fingerprint density at radius 1 is 1.03 bits per heavy atom. The molecule has 1 heterocycles. The molecule has 0 radical (unpaired) electrons. The Kier molecular flexibility index (Phi) is 10.7. The Morgan fingerprint density at radius 2 is 1.66 bits per heavy atom. The molecule has 2 amide bonds. The highest BCUT2D eigenvalue weighted by atomic mass is 32.2. The number of carbonyl (C=O) groups excluding carboxylic acids is 2. The predicted molar refractivity (Wildman–Crippen MR) is 153 cm³/mol. The van der Waals surface area contributed by atoms with Gasteiger partial charge in [0.1, 0.15) is 0 Å². The van der Waals surface area contributed by atoms with Gasteiger partial charge in [0.2, 0.25) is 21.8 Å². The van der Waals surface area contributed by atoms with E-state index in [1.807, 2.05) is 91.2 Å². The van der Waals surface area contributed by atoms with Gasteiger partial charge < -0.3 is 9.80 Å².